The van der Waals surface area contributed by atoms with E-state index in [1.54, 1.807) is 24.3 Å². The summed E-state index contributed by atoms with van der Waals surface area (Å²) in [4.78, 5) is 0.234. The summed E-state index contributed by atoms with van der Waals surface area (Å²) in [5.41, 5.74) is 1.28. The SMILES string of the molecule is Cc1ccc(S(=O)(=O)N2CCN(S(=O)(=O)c3ccc(F)cc3C)CC2)cc1. The van der Waals surface area contributed by atoms with Gasteiger partial charge in [-0.3, -0.25) is 0 Å². The first kappa shape index (κ1) is 19.9. The number of hydrogen-bond acceptors (Lipinski definition) is 4. The van der Waals surface area contributed by atoms with E-state index in [1.165, 1.54) is 27.7 Å². The molecule has 1 aliphatic rings. The minimum Gasteiger partial charge on any atom is -0.207 e. The third-order valence-corrected chi connectivity index (χ3v) is 8.58. The molecule has 1 saturated heterocycles. The van der Waals surface area contributed by atoms with E-state index in [0.29, 0.717) is 5.56 Å². The van der Waals surface area contributed by atoms with Crippen molar-refractivity contribution in [3.05, 3.63) is 59.4 Å². The summed E-state index contributed by atoms with van der Waals surface area (Å²) >= 11 is 0. The molecule has 2 aromatic carbocycles. The van der Waals surface area contributed by atoms with Gasteiger partial charge in [0.05, 0.1) is 9.79 Å². The lowest BCUT2D eigenvalue weighted by Crippen LogP contribution is -2.50. The maximum atomic E-state index is 13.3. The van der Waals surface area contributed by atoms with Gasteiger partial charge in [0.1, 0.15) is 5.82 Å². The fourth-order valence-electron chi connectivity index (χ4n) is 3.05. The molecule has 3 rings (SSSR count). The summed E-state index contributed by atoms with van der Waals surface area (Å²) in [6.07, 6.45) is 0. The van der Waals surface area contributed by atoms with Gasteiger partial charge in [-0.1, -0.05) is 17.7 Å². The Labute approximate surface area is 159 Å². The number of aryl methyl sites for hydroxylation is 2. The lowest BCUT2D eigenvalue weighted by molar-refractivity contribution is 0.272. The van der Waals surface area contributed by atoms with Crippen LogP contribution < -0.4 is 0 Å². The summed E-state index contributed by atoms with van der Waals surface area (Å²) in [5, 5.41) is 0. The maximum Gasteiger partial charge on any atom is 0.243 e. The molecular formula is C18H21FN2O4S2. The molecular weight excluding hydrogens is 391 g/mol. The molecule has 146 valence electrons. The second-order valence-electron chi connectivity index (χ2n) is 6.53. The van der Waals surface area contributed by atoms with Gasteiger partial charge >= 0.3 is 0 Å². The molecule has 0 unspecified atom stereocenters. The van der Waals surface area contributed by atoms with Gasteiger partial charge in [0, 0.05) is 26.2 Å². The van der Waals surface area contributed by atoms with Crippen molar-refractivity contribution in [2.45, 2.75) is 23.6 Å². The highest BCUT2D eigenvalue weighted by Crippen LogP contribution is 2.24. The standard InChI is InChI=1S/C18H21FN2O4S2/c1-14-3-6-17(7-4-14)26(22,23)20-9-11-21(12-10-20)27(24,25)18-8-5-16(19)13-15(18)2/h3-8,13H,9-12H2,1-2H3. The highest BCUT2D eigenvalue weighted by atomic mass is 32.2. The number of benzene rings is 2. The first-order valence-corrected chi connectivity index (χ1v) is 11.3. The summed E-state index contributed by atoms with van der Waals surface area (Å²) in [6.45, 7) is 3.63. The molecule has 0 spiro atoms. The van der Waals surface area contributed by atoms with Crippen LogP contribution in [0.1, 0.15) is 11.1 Å². The Balaban J connectivity index is 1.77. The molecule has 9 heteroatoms. The minimum absolute atomic E-state index is 0.0405. The first-order valence-electron chi connectivity index (χ1n) is 8.45. The third-order valence-electron chi connectivity index (χ3n) is 4.61. The van der Waals surface area contributed by atoms with Crippen LogP contribution in [-0.4, -0.2) is 51.6 Å². The van der Waals surface area contributed by atoms with Crippen LogP contribution in [0.2, 0.25) is 0 Å². The molecule has 1 aliphatic heterocycles. The van der Waals surface area contributed by atoms with Gasteiger partial charge in [-0.2, -0.15) is 8.61 Å². The lowest BCUT2D eigenvalue weighted by Gasteiger charge is -2.33. The summed E-state index contributed by atoms with van der Waals surface area (Å²) in [5.74, 6) is -0.500. The molecule has 0 amide bonds. The van der Waals surface area contributed by atoms with Crippen LogP contribution in [0.25, 0.3) is 0 Å². The average molecular weight is 413 g/mol. The molecule has 2 aromatic rings. The molecule has 0 saturated carbocycles. The Morgan fingerprint density at radius 2 is 1.30 bits per heavy atom. The third kappa shape index (κ3) is 3.91. The average Bonchev–Trinajstić information content (AvgIpc) is 2.62. The second kappa shape index (κ2) is 7.31. The summed E-state index contributed by atoms with van der Waals surface area (Å²) in [7, 11) is -7.47. The highest BCUT2D eigenvalue weighted by molar-refractivity contribution is 7.89. The van der Waals surface area contributed by atoms with Crippen molar-refractivity contribution in [3.63, 3.8) is 0 Å². The van der Waals surface area contributed by atoms with Gasteiger partial charge in [-0.25, -0.2) is 21.2 Å². The number of rotatable bonds is 4. The largest absolute Gasteiger partial charge is 0.243 e. The molecule has 0 radical (unpaired) electrons. The molecule has 1 heterocycles. The Bertz CT molecular complexity index is 1040. The number of hydrogen-bond donors (Lipinski definition) is 0. The smallest absolute Gasteiger partial charge is 0.207 e. The van der Waals surface area contributed by atoms with Crippen molar-refractivity contribution in [3.8, 4) is 0 Å². The van der Waals surface area contributed by atoms with Crippen molar-refractivity contribution >= 4 is 20.0 Å². The van der Waals surface area contributed by atoms with Crippen LogP contribution >= 0.6 is 0 Å². The van der Waals surface area contributed by atoms with E-state index in [1.807, 2.05) is 6.92 Å². The number of halogens is 1. The van der Waals surface area contributed by atoms with Gasteiger partial charge in [0.2, 0.25) is 20.0 Å². The zero-order valence-electron chi connectivity index (χ0n) is 15.1. The molecule has 1 fully saturated rings. The van der Waals surface area contributed by atoms with Crippen LogP contribution in [0.4, 0.5) is 4.39 Å². The Hall–Kier alpha value is -1.81. The molecule has 0 N–H and O–H groups in total. The Morgan fingerprint density at radius 3 is 1.81 bits per heavy atom. The lowest BCUT2D eigenvalue weighted by atomic mass is 10.2. The zero-order valence-corrected chi connectivity index (χ0v) is 16.7. The van der Waals surface area contributed by atoms with Crippen molar-refractivity contribution < 1.29 is 21.2 Å². The van der Waals surface area contributed by atoms with Gasteiger partial charge in [0.15, 0.2) is 0 Å². The van der Waals surface area contributed by atoms with Crippen LogP contribution in [0.15, 0.2) is 52.3 Å². The molecule has 0 aliphatic carbocycles. The van der Waals surface area contributed by atoms with Crippen molar-refractivity contribution in [1.29, 1.82) is 0 Å². The predicted octanol–water partition coefficient (Wildman–Crippen LogP) is 2.14. The zero-order chi connectivity index (χ0) is 19.8. The molecule has 6 nitrogen and oxygen atoms in total. The van der Waals surface area contributed by atoms with Crippen LogP contribution in [-0.2, 0) is 20.0 Å². The van der Waals surface area contributed by atoms with E-state index in [-0.39, 0.29) is 36.0 Å². The Kier molecular flexibility index (Phi) is 5.40. The number of sulfonamides is 2. The normalized spacial score (nSPS) is 17.1. The first-order chi connectivity index (χ1) is 12.6. The van der Waals surface area contributed by atoms with Crippen LogP contribution in [0.3, 0.4) is 0 Å². The van der Waals surface area contributed by atoms with Crippen LogP contribution in [0, 0.1) is 19.7 Å². The van der Waals surface area contributed by atoms with Crippen molar-refractivity contribution in [2.75, 3.05) is 26.2 Å². The van der Waals surface area contributed by atoms with Crippen molar-refractivity contribution in [1.82, 2.24) is 8.61 Å². The van der Waals surface area contributed by atoms with E-state index >= 15 is 0 Å². The fraction of sp³-hybridized carbons (Fsp3) is 0.333. The minimum atomic E-state index is -3.80. The predicted molar refractivity (Wildman–Crippen MR) is 99.8 cm³/mol. The Morgan fingerprint density at radius 1 is 0.778 bits per heavy atom. The number of piperazine rings is 1. The molecule has 27 heavy (non-hydrogen) atoms. The quantitative estimate of drug-likeness (QED) is 0.771. The van der Waals surface area contributed by atoms with Gasteiger partial charge < -0.3 is 0 Å². The van der Waals surface area contributed by atoms with Crippen LogP contribution in [0.5, 0.6) is 0 Å². The van der Waals surface area contributed by atoms with Gasteiger partial charge in [-0.05, 0) is 49.7 Å². The van der Waals surface area contributed by atoms with Crippen molar-refractivity contribution in [2.24, 2.45) is 0 Å². The molecule has 0 bridgehead atoms. The second-order valence-corrected chi connectivity index (χ2v) is 10.4. The van der Waals surface area contributed by atoms with Gasteiger partial charge in [-0.15, -0.1) is 0 Å². The summed E-state index contributed by atoms with van der Waals surface area (Å²) in [6, 6.07) is 10.1. The van der Waals surface area contributed by atoms with E-state index < -0.39 is 25.9 Å². The monoisotopic (exact) mass is 412 g/mol. The maximum absolute atomic E-state index is 13.3. The topological polar surface area (TPSA) is 74.8 Å². The molecule has 0 atom stereocenters. The van der Waals surface area contributed by atoms with Gasteiger partial charge in [0.25, 0.3) is 0 Å². The molecule has 0 aromatic heterocycles. The van der Waals surface area contributed by atoms with E-state index in [9.17, 15) is 21.2 Å². The highest BCUT2D eigenvalue weighted by Gasteiger charge is 2.34. The summed E-state index contributed by atoms with van der Waals surface area (Å²) < 4.78 is 66.9. The van der Waals surface area contributed by atoms with E-state index in [0.717, 1.165) is 11.6 Å². The van der Waals surface area contributed by atoms with E-state index in [2.05, 4.69) is 0 Å². The van der Waals surface area contributed by atoms with E-state index in [4.69, 9.17) is 0 Å². The fourth-order valence-corrected chi connectivity index (χ4v) is 6.10. The number of nitrogens with zero attached hydrogens (tertiary/aromatic N) is 2.